The van der Waals surface area contributed by atoms with Crippen LogP contribution in [-0.2, 0) is 21.9 Å². The highest BCUT2D eigenvalue weighted by molar-refractivity contribution is 7.99. The molecule has 0 aliphatic rings. The fourth-order valence-corrected chi connectivity index (χ4v) is 4.31. The quantitative estimate of drug-likeness (QED) is 0.407. The first-order chi connectivity index (χ1) is 15.2. The maximum atomic E-state index is 13.2. The number of nitrogens with one attached hydrogen (secondary N) is 1. The highest BCUT2D eigenvalue weighted by Gasteiger charge is 2.29. The maximum Gasteiger partial charge on any atom is 0.243 e. The van der Waals surface area contributed by atoms with E-state index in [-0.39, 0.29) is 36.0 Å². The van der Waals surface area contributed by atoms with Crippen LogP contribution < -0.4 is 5.32 Å². The molecule has 0 saturated carbocycles. The number of carbonyl (C=O) groups excluding carboxylic acids is 2. The molecule has 2 aromatic rings. The van der Waals surface area contributed by atoms with Gasteiger partial charge in [0.2, 0.25) is 11.8 Å². The minimum absolute atomic E-state index is 0.0197. The second-order valence-corrected chi connectivity index (χ2v) is 9.43. The van der Waals surface area contributed by atoms with Crippen LogP contribution in [0.1, 0.15) is 44.7 Å². The van der Waals surface area contributed by atoms with Gasteiger partial charge >= 0.3 is 0 Å². The van der Waals surface area contributed by atoms with Gasteiger partial charge in [0.15, 0.2) is 0 Å². The number of thioether (sulfide) groups is 1. The largest absolute Gasteiger partial charge is 0.352 e. The van der Waals surface area contributed by atoms with Gasteiger partial charge < -0.3 is 10.2 Å². The van der Waals surface area contributed by atoms with E-state index in [1.165, 1.54) is 23.9 Å². The lowest BCUT2D eigenvalue weighted by Crippen LogP contribution is -2.51. The summed E-state index contributed by atoms with van der Waals surface area (Å²) in [4.78, 5) is 27.7. The Balaban J connectivity index is 2.16. The molecule has 4 nitrogen and oxygen atoms in total. The molecule has 174 valence electrons. The van der Waals surface area contributed by atoms with E-state index in [2.05, 4.69) is 5.32 Å². The van der Waals surface area contributed by atoms with Gasteiger partial charge in [0.25, 0.3) is 0 Å². The zero-order valence-corrected chi connectivity index (χ0v) is 20.9. The monoisotopic (exact) mass is 498 g/mol. The SMILES string of the molecule is CC[C@@H](C)NC(=O)[C@H](CC)N(Cc1ccc(Cl)c(Cl)c1)C(=O)CSCc1ccc(F)cc1. The average Bonchev–Trinajstić information content (AvgIpc) is 2.77. The van der Waals surface area contributed by atoms with Crippen molar-refractivity contribution in [2.45, 2.75) is 58.0 Å². The van der Waals surface area contributed by atoms with Gasteiger partial charge in [-0.15, -0.1) is 11.8 Å². The van der Waals surface area contributed by atoms with Crippen molar-refractivity contribution >= 4 is 46.8 Å². The number of halogens is 3. The van der Waals surface area contributed by atoms with E-state index < -0.39 is 6.04 Å². The molecule has 2 rings (SSSR count). The topological polar surface area (TPSA) is 49.4 Å². The molecule has 0 bridgehead atoms. The first-order valence-electron chi connectivity index (χ1n) is 10.6. The van der Waals surface area contributed by atoms with Gasteiger partial charge in [-0.2, -0.15) is 0 Å². The van der Waals surface area contributed by atoms with Gasteiger partial charge in [-0.05, 0) is 55.2 Å². The molecule has 0 fully saturated rings. The van der Waals surface area contributed by atoms with E-state index in [1.54, 1.807) is 35.2 Å². The third kappa shape index (κ3) is 7.98. The van der Waals surface area contributed by atoms with Gasteiger partial charge in [0, 0.05) is 18.3 Å². The van der Waals surface area contributed by atoms with Crippen LogP contribution in [0.2, 0.25) is 10.0 Å². The van der Waals surface area contributed by atoms with Crippen molar-refractivity contribution in [3.05, 3.63) is 69.5 Å². The van der Waals surface area contributed by atoms with Crippen LogP contribution in [0, 0.1) is 5.82 Å². The van der Waals surface area contributed by atoms with Crippen LogP contribution in [0.4, 0.5) is 4.39 Å². The Hall–Kier alpha value is -1.76. The van der Waals surface area contributed by atoms with Crippen molar-refractivity contribution in [1.29, 1.82) is 0 Å². The number of hydrogen-bond donors (Lipinski definition) is 1. The Bertz CT molecular complexity index is 911. The summed E-state index contributed by atoms with van der Waals surface area (Å²) in [6.45, 7) is 6.08. The summed E-state index contributed by atoms with van der Waals surface area (Å²) < 4.78 is 13.1. The number of nitrogens with zero attached hydrogens (tertiary/aromatic N) is 1. The standard InChI is InChI=1S/C24H29Cl2FN2O2S/c1-4-16(3)28-24(31)22(5-2)29(13-18-8-11-20(25)21(26)12-18)23(30)15-32-14-17-6-9-19(27)10-7-17/h6-12,16,22H,4-5,13-15H2,1-3H3,(H,28,31)/t16-,22+/m1/s1. The zero-order valence-electron chi connectivity index (χ0n) is 18.5. The number of hydrogen-bond acceptors (Lipinski definition) is 3. The van der Waals surface area contributed by atoms with E-state index in [9.17, 15) is 14.0 Å². The normalized spacial score (nSPS) is 12.8. The maximum absolute atomic E-state index is 13.2. The van der Waals surface area contributed by atoms with E-state index in [1.807, 2.05) is 20.8 Å². The fourth-order valence-electron chi connectivity index (χ4n) is 3.12. The van der Waals surface area contributed by atoms with Crippen molar-refractivity contribution < 1.29 is 14.0 Å². The number of amides is 2. The molecule has 0 aliphatic carbocycles. The Kier molecular flexibility index (Phi) is 10.8. The predicted octanol–water partition coefficient (Wildman–Crippen LogP) is 6.09. The highest BCUT2D eigenvalue weighted by atomic mass is 35.5. The molecular weight excluding hydrogens is 470 g/mol. The minimum atomic E-state index is -0.600. The molecule has 0 unspecified atom stereocenters. The van der Waals surface area contributed by atoms with Gasteiger partial charge in [0.1, 0.15) is 11.9 Å². The van der Waals surface area contributed by atoms with Crippen LogP contribution in [0.15, 0.2) is 42.5 Å². The smallest absolute Gasteiger partial charge is 0.243 e. The molecule has 32 heavy (non-hydrogen) atoms. The van der Waals surface area contributed by atoms with E-state index in [4.69, 9.17) is 23.2 Å². The van der Waals surface area contributed by atoms with Gasteiger partial charge in [-0.25, -0.2) is 4.39 Å². The molecule has 0 radical (unpaired) electrons. The highest BCUT2D eigenvalue weighted by Crippen LogP contribution is 2.24. The number of benzene rings is 2. The van der Waals surface area contributed by atoms with Crippen LogP contribution >= 0.6 is 35.0 Å². The van der Waals surface area contributed by atoms with E-state index in [0.29, 0.717) is 22.2 Å². The molecule has 0 saturated heterocycles. The molecule has 1 N–H and O–H groups in total. The lowest BCUT2D eigenvalue weighted by molar-refractivity contribution is -0.139. The van der Waals surface area contributed by atoms with Gasteiger partial charge in [0.05, 0.1) is 15.8 Å². The second kappa shape index (κ2) is 13.1. The molecule has 0 aliphatic heterocycles. The van der Waals surface area contributed by atoms with Gasteiger partial charge in [-0.3, -0.25) is 9.59 Å². The Labute approximate surface area is 203 Å². The van der Waals surface area contributed by atoms with Crippen molar-refractivity contribution in [3.8, 4) is 0 Å². The van der Waals surface area contributed by atoms with Crippen LogP contribution in [-0.4, -0.2) is 34.6 Å². The first kappa shape index (κ1) is 26.5. The zero-order chi connectivity index (χ0) is 23.7. The van der Waals surface area contributed by atoms with E-state index >= 15 is 0 Å². The average molecular weight is 499 g/mol. The Morgan fingerprint density at radius 1 is 1.03 bits per heavy atom. The summed E-state index contributed by atoms with van der Waals surface area (Å²) >= 11 is 13.6. The predicted molar refractivity (Wildman–Crippen MR) is 132 cm³/mol. The van der Waals surface area contributed by atoms with Crippen LogP contribution in [0.5, 0.6) is 0 Å². The van der Waals surface area contributed by atoms with Crippen molar-refractivity contribution in [3.63, 3.8) is 0 Å². The third-order valence-corrected chi connectivity index (χ3v) is 6.86. The fraction of sp³-hybridized carbons (Fsp3) is 0.417. The molecule has 2 aromatic carbocycles. The Morgan fingerprint density at radius 2 is 1.69 bits per heavy atom. The summed E-state index contributed by atoms with van der Waals surface area (Å²) in [6, 6.07) is 10.8. The van der Waals surface area contributed by atoms with Crippen LogP contribution in [0.25, 0.3) is 0 Å². The summed E-state index contributed by atoms with van der Waals surface area (Å²) in [6.07, 6.45) is 1.29. The lowest BCUT2D eigenvalue weighted by Gasteiger charge is -2.31. The van der Waals surface area contributed by atoms with Crippen molar-refractivity contribution in [1.82, 2.24) is 10.2 Å². The minimum Gasteiger partial charge on any atom is -0.352 e. The van der Waals surface area contributed by atoms with Gasteiger partial charge in [-0.1, -0.05) is 55.2 Å². The molecule has 0 aromatic heterocycles. The second-order valence-electron chi connectivity index (χ2n) is 7.63. The summed E-state index contributed by atoms with van der Waals surface area (Å²) in [5.41, 5.74) is 1.73. The first-order valence-corrected chi connectivity index (χ1v) is 12.5. The van der Waals surface area contributed by atoms with Crippen molar-refractivity contribution in [2.75, 3.05) is 5.75 Å². The summed E-state index contributed by atoms with van der Waals surface area (Å²) in [7, 11) is 0. The Morgan fingerprint density at radius 3 is 2.28 bits per heavy atom. The third-order valence-electron chi connectivity index (χ3n) is 5.13. The number of rotatable bonds is 11. The van der Waals surface area contributed by atoms with Crippen LogP contribution in [0.3, 0.4) is 0 Å². The molecule has 2 atom stereocenters. The lowest BCUT2D eigenvalue weighted by atomic mass is 10.1. The van der Waals surface area contributed by atoms with E-state index in [0.717, 1.165) is 17.5 Å². The number of carbonyl (C=O) groups is 2. The van der Waals surface area contributed by atoms with Crippen molar-refractivity contribution in [2.24, 2.45) is 0 Å². The summed E-state index contributed by atoms with van der Waals surface area (Å²) in [5.74, 6) is 0.169. The molecular formula is C24H29Cl2FN2O2S. The molecule has 2 amide bonds. The summed E-state index contributed by atoms with van der Waals surface area (Å²) in [5, 5.41) is 3.82. The molecule has 0 spiro atoms. The molecule has 8 heteroatoms. The molecule has 0 heterocycles.